The smallest absolute Gasteiger partial charge is 0.161 e. The average molecular weight is 301 g/mol. The van der Waals surface area contributed by atoms with Crippen molar-refractivity contribution >= 4 is 21.6 Å². The monoisotopic (exact) mass is 300 g/mol. The second kappa shape index (κ2) is 6.58. The van der Waals surface area contributed by atoms with Gasteiger partial charge in [0.2, 0.25) is 0 Å². The summed E-state index contributed by atoms with van der Waals surface area (Å²) in [5.74, 6) is -0.414. The first-order chi connectivity index (χ1) is 8.11. The molecule has 0 aromatic heterocycles. The maximum atomic E-state index is 13.9. The van der Waals surface area contributed by atoms with Crippen LogP contribution in [0.25, 0.3) is 0 Å². The molecule has 0 radical (unpaired) electrons. The van der Waals surface area contributed by atoms with Crippen molar-refractivity contribution in [1.82, 2.24) is 0 Å². The molecule has 0 bridgehead atoms. The van der Waals surface area contributed by atoms with E-state index in [-0.39, 0.29) is 4.47 Å². The standard InChI is InChI=1S/C12H14BrFN2O/c1-3-17-7-6-16(2)10-5-4-9(8-15)11(13)12(10)14/h4-5H,3,6-7H2,1-2H3. The molecule has 0 amide bonds. The molecule has 0 spiro atoms. The van der Waals surface area contributed by atoms with E-state index in [0.717, 1.165) is 0 Å². The van der Waals surface area contributed by atoms with Crippen LogP contribution in [0.4, 0.5) is 10.1 Å². The van der Waals surface area contributed by atoms with E-state index >= 15 is 0 Å². The molecule has 17 heavy (non-hydrogen) atoms. The molecule has 92 valence electrons. The van der Waals surface area contributed by atoms with Crippen molar-refractivity contribution < 1.29 is 9.13 Å². The van der Waals surface area contributed by atoms with Crippen molar-refractivity contribution in [2.45, 2.75) is 6.92 Å². The van der Waals surface area contributed by atoms with Gasteiger partial charge < -0.3 is 9.64 Å². The van der Waals surface area contributed by atoms with Gasteiger partial charge in [-0.2, -0.15) is 5.26 Å². The summed E-state index contributed by atoms with van der Waals surface area (Å²) in [6.07, 6.45) is 0. The number of hydrogen-bond acceptors (Lipinski definition) is 3. The Kier molecular flexibility index (Phi) is 5.39. The molecule has 0 saturated heterocycles. The van der Waals surface area contributed by atoms with Crippen LogP contribution in [-0.2, 0) is 4.74 Å². The van der Waals surface area contributed by atoms with E-state index in [0.29, 0.717) is 31.0 Å². The third-order valence-electron chi connectivity index (χ3n) is 2.37. The van der Waals surface area contributed by atoms with Crippen molar-refractivity contribution in [3.63, 3.8) is 0 Å². The van der Waals surface area contributed by atoms with Gasteiger partial charge in [0, 0.05) is 20.2 Å². The van der Waals surface area contributed by atoms with Crippen LogP contribution in [0.15, 0.2) is 16.6 Å². The zero-order chi connectivity index (χ0) is 12.8. The largest absolute Gasteiger partial charge is 0.380 e. The van der Waals surface area contributed by atoms with Gasteiger partial charge in [-0.15, -0.1) is 0 Å². The molecule has 0 N–H and O–H groups in total. The van der Waals surface area contributed by atoms with Gasteiger partial charge in [-0.1, -0.05) is 0 Å². The molecule has 0 aliphatic carbocycles. The van der Waals surface area contributed by atoms with Crippen molar-refractivity contribution in [1.29, 1.82) is 5.26 Å². The molecule has 0 heterocycles. The van der Waals surface area contributed by atoms with Gasteiger partial charge in [0.15, 0.2) is 5.82 Å². The summed E-state index contributed by atoms with van der Waals surface area (Å²) in [5.41, 5.74) is 0.750. The molecule has 0 aliphatic heterocycles. The lowest BCUT2D eigenvalue weighted by Gasteiger charge is -2.20. The summed E-state index contributed by atoms with van der Waals surface area (Å²) in [6.45, 7) is 3.71. The lowest BCUT2D eigenvalue weighted by atomic mass is 10.2. The Morgan fingerprint density at radius 2 is 2.24 bits per heavy atom. The predicted octanol–water partition coefficient (Wildman–Crippen LogP) is 2.93. The summed E-state index contributed by atoms with van der Waals surface area (Å²) < 4.78 is 19.3. The summed E-state index contributed by atoms with van der Waals surface area (Å²) in [4.78, 5) is 1.76. The lowest BCUT2D eigenvalue weighted by Crippen LogP contribution is -2.23. The van der Waals surface area contributed by atoms with Crippen LogP contribution in [0.5, 0.6) is 0 Å². The highest BCUT2D eigenvalue weighted by Gasteiger charge is 2.13. The summed E-state index contributed by atoms with van der Waals surface area (Å²) in [6, 6.07) is 5.12. The van der Waals surface area contributed by atoms with Gasteiger partial charge >= 0.3 is 0 Å². The Labute approximate surface area is 109 Å². The normalized spacial score (nSPS) is 10.1. The van der Waals surface area contributed by atoms with E-state index < -0.39 is 5.82 Å². The van der Waals surface area contributed by atoms with E-state index in [9.17, 15) is 4.39 Å². The molecule has 5 heteroatoms. The number of likely N-dealkylation sites (N-methyl/N-ethyl adjacent to an activating group) is 1. The quantitative estimate of drug-likeness (QED) is 0.785. The topological polar surface area (TPSA) is 36.3 Å². The number of anilines is 1. The highest BCUT2D eigenvalue weighted by Crippen LogP contribution is 2.28. The van der Waals surface area contributed by atoms with Gasteiger partial charge in [-0.3, -0.25) is 0 Å². The molecule has 1 aromatic rings. The minimum absolute atomic E-state index is 0.209. The SMILES string of the molecule is CCOCCN(C)c1ccc(C#N)c(Br)c1F. The highest BCUT2D eigenvalue weighted by molar-refractivity contribution is 9.10. The van der Waals surface area contributed by atoms with Gasteiger partial charge in [-0.25, -0.2) is 4.39 Å². The fourth-order valence-corrected chi connectivity index (χ4v) is 1.81. The zero-order valence-corrected chi connectivity index (χ0v) is 11.4. The number of benzene rings is 1. The molecular weight excluding hydrogens is 287 g/mol. The summed E-state index contributed by atoms with van der Waals surface area (Å²) in [5, 5.41) is 8.77. The number of nitriles is 1. The van der Waals surface area contributed by atoms with Crippen LogP contribution in [0.2, 0.25) is 0 Å². The number of ether oxygens (including phenoxy) is 1. The first-order valence-corrected chi connectivity index (χ1v) is 6.08. The number of hydrogen-bond donors (Lipinski definition) is 0. The van der Waals surface area contributed by atoms with Gasteiger partial charge in [0.25, 0.3) is 0 Å². The Morgan fingerprint density at radius 1 is 1.53 bits per heavy atom. The molecule has 1 aromatic carbocycles. The van der Waals surface area contributed by atoms with Crippen LogP contribution in [0, 0.1) is 17.1 Å². The van der Waals surface area contributed by atoms with Crippen LogP contribution in [-0.4, -0.2) is 26.8 Å². The maximum absolute atomic E-state index is 13.9. The number of rotatable bonds is 5. The minimum Gasteiger partial charge on any atom is -0.380 e. The zero-order valence-electron chi connectivity index (χ0n) is 9.83. The molecule has 0 fully saturated rings. The summed E-state index contributed by atoms with van der Waals surface area (Å²) >= 11 is 3.09. The van der Waals surface area contributed by atoms with E-state index in [2.05, 4.69) is 15.9 Å². The van der Waals surface area contributed by atoms with Crippen LogP contribution in [0.3, 0.4) is 0 Å². The number of halogens is 2. The predicted molar refractivity (Wildman–Crippen MR) is 68.6 cm³/mol. The van der Waals surface area contributed by atoms with E-state index in [1.807, 2.05) is 13.0 Å². The lowest BCUT2D eigenvalue weighted by molar-refractivity contribution is 0.154. The third kappa shape index (κ3) is 3.42. The van der Waals surface area contributed by atoms with Crippen molar-refractivity contribution in [3.05, 3.63) is 28.0 Å². The Bertz CT molecular complexity index is 431. The Hall–Kier alpha value is -1.12. The third-order valence-corrected chi connectivity index (χ3v) is 3.14. The molecular formula is C12H14BrFN2O. The van der Waals surface area contributed by atoms with Crippen LogP contribution < -0.4 is 4.90 Å². The Balaban J connectivity index is 2.85. The average Bonchev–Trinajstić information content (AvgIpc) is 2.32. The highest BCUT2D eigenvalue weighted by atomic mass is 79.9. The Morgan fingerprint density at radius 3 is 2.82 bits per heavy atom. The van der Waals surface area contributed by atoms with Gasteiger partial charge in [0.1, 0.15) is 6.07 Å². The molecule has 0 unspecified atom stereocenters. The van der Waals surface area contributed by atoms with E-state index in [1.165, 1.54) is 0 Å². The summed E-state index contributed by atoms with van der Waals surface area (Å²) in [7, 11) is 1.79. The van der Waals surface area contributed by atoms with Gasteiger partial charge in [-0.05, 0) is 35.0 Å². The molecule has 0 aliphatic rings. The second-order valence-electron chi connectivity index (χ2n) is 3.49. The van der Waals surface area contributed by atoms with Crippen molar-refractivity contribution in [2.75, 3.05) is 31.7 Å². The van der Waals surface area contributed by atoms with E-state index in [1.54, 1.807) is 24.1 Å². The van der Waals surface area contributed by atoms with Gasteiger partial charge in [0.05, 0.1) is 22.3 Å². The molecule has 0 atom stereocenters. The van der Waals surface area contributed by atoms with Crippen molar-refractivity contribution in [2.24, 2.45) is 0 Å². The first-order valence-electron chi connectivity index (χ1n) is 5.28. The van der Waals surface area contributed by atoms with E-state index in [4.69, 9.17) is 10.00 Å². The van der Waals surface area contributed by atoms with Crippen molar-refractivity contribution in [3.8, 4) is 6.07 Å². The fourth-order valence-electron chi connectivity index (χ4n) is 1.39. The first kappa shape index (κ1) is 13.9. The molecule has 1 rings (SSSR count). The molecule has 3 nitrogen and oxygen atoms in total. The second-order valence-corrected chi connectivity index (χ2v) is 4.28. The minimum atomic E-state index is -0.414. The maximum Gasteiger partial charge on any atom is 0.161 e. The van der Waals surface area contributed by atoms with Crippen LogP contribution in [0.1, 0.15) is 12.5 Å². The molecule has 0 saturated carbocycles. The van der Waals surface area contributed by atoms with Crippen LogP contribution >= 0.6 is 15.9 Å². The fraction of sp³-hybridized carbons (Fsp3) is 0.417. The number of nitrogens with zero attached hydrogens (tertiary/aromatic N) is 2.